The summed E-state index contributed by atoms with van der Waals surface area (Å²) in [4.78, 5) is 2.65. The highest BCUT2D eigenvalue weighted by Gasteiger charge is 2.28. The van der Waals surface area contributed by atoms with Crippen molar-refractivity contribution in [2.75, 3.05) is 31.1 Å². The fraction of sp³-hybridized carbons (Fsp3) is 1.00. The van der Waals surface area contributed by atoms with Crippen molar-refractivity contribution in [1.29, 1.82) is 0 Å². The number of halogens is 1. The van der Waals surface area contributed by atoms with E-state index in [-0.39, 0.29) is 12.4 Å². The van der Waals surface area contributed by atoms with Gasteiger partial charge in [0, 0.05) is 30.9 Å². The Morgan fingerprint density at radius 1 is 1.27 bits per heavy atom. The molecule has 2 bridgehead atoms. The van der Waals surface area contributed by atoms with Gasteiger partial charge in [-0.15, -0.1) is 12.4 Å². The number of hydrogen-bond donors (Lipinski definition) is 1. The first-order valence-corrected chi connectivity index (χ1v) is 7.10. The van der Waals surface area contributed by atoms with Crippen molar-refractivity contribution in [2.24, 2.45) is 0 Å². The predicted octanol–water partition coefficient (Wildman–Crippen LogP) is 1.99. The van der Waals surface area contributed by atoms with Crippen molar-refractivity contribution >= 4 is 24.2 Å². The van der Waals surface area contributed by atoms with Crippen LogP contribution >= 0.6 is 24.2 Å². The van der Waals surface area contributed by atoms with Crippen LogP contribution < -0.4 is 5.32 Å². The maximum atomic E-state index is 3.72. The minimum Gasteiger partial charge on any atom is -0.310 e. The van der Waals surface area contributed by atoms with Gasteiger partial charge in [0.15, 0.2) is 0 Å². The summed E-state index contributed by atoms with van der Waals surface area (Å²) >= 11 is 2.07. The number of fused-ring (bicyclic) bond motifs is 2. The Balaban J connectivity index is 0.00000112. The second-order valence-electron chi connectivity index (χ2n) is 4.42. The van der Waals surface area contributed by atoms with Gasteiger partial charge < -0.3 is 10.2 Å². The molecular weight excluding hydrogens is 228 g/mol. The number of nitrogens with one attached hydrogen (secondary N) is 1. The molecule has 2 aliphatic rings. The third-order valence-electron chi connectivity index (χ3n) is 3.36. The summed E-state index contributed by atoms with van der Waals surface area (Å²) < 4.78 is 0. The lowest BCUT2D eigenvalue weighted by Gasteiger charge is -2.23. The number of thioether (sulfide) groups is 1. The third-order valence-corrected chi connectivity index (χ3v) is 4.24. The van der Waals surface area contributed by atoms with Crippen molar-refractivity contribution in [1.82, 2.24) is 10.2 Å². The molecule has 2 atom stereocenters. The van der Waals surface area contributed by atoms with Gasteiger partial charge in [-0.05, 0) is 31.6 Å². The molecule has 0 saturated carbocycles. The van der Waals surface area contributed by atoms with E-state index in [9.17, 15) is 0 Å². The van der Waals surface area contributed by atoms with E-state index < -0.39 is 0 Å². The Labute approximate surface area is 104 Å². The molecule has 0 aromatic heterocycles. The summed E-state index contributed by atoms with van der Waals surface area (Å²) in [6, 6.07) is 1.64. The maximum absolute atomic E-state index is 3.72. The molecule has 2 unspecified atom stereocenters. The first kappa shape index (κ1) is 13.6. The Morgan fingerprint density at radius 2 is 2.07 bits per heavy atom. The van der Waals surface area contributed by atoms with Gasteiger partial charge in [-0.1, -0.05) is 6.92 Å². The lowest BCUT2D eigenvalue weighted by Crippen LogP contribution is -2.36. The Morgan fingerprint density at radius 3 is 2.87 bits per heavy atom. The second kappa shape index (κ2) is 7.00. The first-order valence-electron chi connectivity index (χ1n) is 5.94. The lowest BCUT2D eigenvalue weighted by atomic mass is 10.1. The van der Waals surface area contributed by atoms with Crippen molar-refractivity contribution in [3.05, 3.63) is 0 Å². The van der Waals surface area contributed by atoms with E-state index in [2.05, 4.69) is 28.9 Å². The molecule has 0 amide bonds. The Bertz CT molecular complexity index is 180. The minimum absolute atomic E-state index is 0. The van der Waals surface area contributed by atoms with Crippen molar-refractivity contribution in [2.45, 2.75) is 38.3 Å². The van der Waals surface area contributed by atoms with Gasteiger partial charge >= 0.3 is 0 Å². The van der Waals surface area contributed by atoms with Crippen LogP contribution in [0, 0.1) is 0 Å². The predicted molar refractivity (Wildman–Crippen MR) is 71.2 cm³/mol. The van der Waals surface area contributed by atoms with Crippen LogP contribution in [0.4, 0.5) is 0 Å². The number of hydrogen-bond acceptors (Lipinski definition) is 3. The highest BCUT2D eigenvalue weighted by molar-refractivity contribution is 7.99. The highest BCUT2D eigenvalue weighted by atomic mass is 35.5. The summed E-state index contributed by atoms with van der Waals surface area (Å²) in [5, 5.41) is 3.72. The zero-order valence-corrected chi connectivity index (χ0v) is 11.2. The van der Waals surface area contributed by atoms with Crippen LogP contribution in [0.1, 0.15) is 26.2 Å². The minimum atomic E-state index is 0. The summed E-state index contributed by atoms with van der Waals surface area (Å²) in [5.41, 5.74) is 0. The Hall–Kier alpha value is 0.560. The molecule has 0 radical (unpaired) electrons. The molecule has 4 heteroatoms. The fourth-order valence-corrected chi connectivity index (χ4v) is 3.23. The molecule has 0 aromatic rings. The van der Waals surface area contributed by atoms with E-state index in [0.29, 0.717) is 0 Å². The normalized spacial score (nSPS) is 31.0. The van der Waals surface area contributed by atoms with E-state index in [0.717, 1.165) is 12.1 Å². The molecule has 2 fully saturated rings. The summed E-state index contributed by atoms with van der Waals surface area (Å²) in [5.74, 6) is 2.58. The molecule has 2 aliphatic heterocycles. The SMILES string of the molecule is CCSCCN1CCC2CCC(C1)N2.Cl. The summed E-state index contributed by atoms with van der Waals surface area (Å²) in [6.45, 7) is 6.15. The average Bonchev–Trinajstić information content (AvgIpc) is 2.50. The van der Waals surface area contributed by atoms with Crippen molar-refractivity contribution in [3.63, 3.8) is 0 Å². The average molecular weight is 251 g/mol. The number of rotatable bonds is 4. The quantitative estimate of drug-likeness (QED) is 0.769. The first-order chi connectivity index (χ1) is 6.88. The van der Waals surface area contributed by atoms with E-state index in [1.165, 1.54) is 50.4 Å². The van der Waals surface area contributed by atoms with Crippen LogP contribution in [0.3, 0.4) is 0 Å². The van der Waals surface area contributed by atoms with E-state index in [1.807, 2.05) is 0 Å². The van der Waals surface area contributed by atoms with Gasteiger partial charge in [0.1, 0.15) is 0 Å². The van der Waals surface area contributed by atoms with E-state index >= 15 is 0 Å². The number of nitrogens with zero attached hydrogens (tertiary/aromatic N) is 1. The van der Waals surface area contributed by atoms with Crippen LogP contribution in [-0.2, 0) is 0 Å². The maximum Gasteiger partial charge on any atom is 0.0198 e. The largest absolute Gasteiger partial charge is 0.310 e. The molecule has 0 aliphatic carbocycles. The smallest absolute Gasteiger partial charge is 0.0198 e. The van der Waals surface area contributed by atoms with Crippen molar-refractivity contribution < 1.29 is 0 Å². The standard InChI is InChI=1S/C11H22N2S.ClH/c1-2-14-8-7-13-6-5-10-3-4-11(9-13)12-10;/h10-12H,2-9H2,1H3;1H. The van der Waals surface area contributed by atoms with Gasteiger partial charge in [0.05, 0.1) is 0 Å². The fourth-order valence-electron chi connectivity index (χ4n) is 2.56. The van der Waals surface area contributed by atoms with E-state index in [4.69, 9.17) is 0 Å². The van der Waals surface area contributed by atoms with E-state index in [1.54, 1.807) is 0 Å². The highest BCUT2D eigenvalue weighted by Crippen LogP contribution is 2.20. The molecule has 2 nitrogen and oxygen atoms in total. The third kappa shape index (κ3) is 4.14. The molecule has 0 spiro atoms. The van der Waals surface area contributed by atoms with Crippen LogP contribution in [0.2, 0.25) is 0 Å². The van der Waals surface area contributed by atoms with Gasteiger partial charge in [0.25, 0.3) is 0 Å². The topological polar surface area (TPSA) is 15.3 Å². The molecule has 2 heterocycles. The van der Waals surface area contributed by atoms with Crippen molar-refractivity contribution in [3.8, 4) is 0 Å². The van der Waals surface area contributed by atoms with Crippen LogP contribution in [0.25, 0.3) is 0 Å². The van der Waals surface area contributed by atoms with Crippen LogP contribution in [0.15, 0.2) is 0 Å². The lowest BCUT2D eigenvalue weighted by molar-refractivity contribution is 0.274. The van der Waals surface area contributed by atoms with Gasteiger partial charge in [-0.2, -0.15) is 11.8 Å². The molecule has 1 N–H and O–H groups in total. The van der Waals surface area contributed by atoms with Gasteiger partial charge in [-0.25, -0.2) is 0 Å². The molecule has 2 rings (SSSR count). The molecule has 2 saturated heterocycles. The zero-order valence-electron chi connectivity index (χ0n) is 9.58. The number of likely N-dealkylation sites (tertiary alicyclic amines) is 1. The van der Waals surface area contributed by atoms with Crippen LogP contribution in [0.5, 0.6) is 0 Å². The van der Waals surface area contributed by atoms with Gasteiger partial charge in [0.2, 0.25) is 0 Å². The summed E-state index contributed by atoms with van der Waals surface area (Å²) in [6.07, 6.45) is 4.19. The van der Waals surface area contributed by atoms with Crippen LogP contribution in [-0.4, -0.2) is 48.1 Å². The zero-order chi connectivity index (χ0) is 9.80. The molecule has 15 heavy (non-hydrogen) atoms. The Kier molecular flexibility index (Phi) is 6.36. The molecular formula is C11H23ClN2S. The molecule has 90 valence electrons. The second-order valence-corrected chi connectivity index (χ2v) is 5.82. The summed E-state index contributed by atoms with van der Waals surface area (Å²) in [7, 11) is 0. The monoisotopic (exact) mass is 250 g/mol. The van der Waals surface area contributed by atoms with Gasteiger partial charge in [-0.3, -0.25) is 0 Å². The molecule has 0 aromatic carbocycles.